The first kappa shape index (κ1) is 16.2. The lowest BCUT2D eigenvalue weighted by Crippen LogP contribution is -2.46. The van der Waals surface area contributed by atoms with E-state index in [4.69, 9.17) is 4.74 Å². The van der Waals surface area contributed by atoms with Crippen LogP contribution < -0.4 is 4.90 Å². The van der Waals surface area contributed by atoms with Gasteiger partial charge in [-0.05, 0) is 18.6 Å². The highest BCUT2D eigenvalue weighted by Crippen LogP contribution is 2.39. The van der Waals surface area contributed by atoms with Gasteiger partial charge in [0.05, 0.1) is 13.2 Å². The zero-order valence-corrected chi connectivity index (χ0v) is 13.4. The van der Waals surface area contributed by atoms with Crippen molar-refractivity contribution in [1.82, 2.24) is 0 Å². The van der Waals surface area contributed by atoms with E-state index in [1.54, 1.807) is 30.0 Å². The minimum Gasteiger partial charge on any atom is -0.465 e. The molecule has 1 heterocycles. The Morgan fingerprint density at radius 3 is 2.50 bits per heavy atom. The SMILES string of the molecule is CCOC(=O)C1C(=O)N(Cc2ccccc2)c2ccccc2C1O. The summed E-state index contributed by atoms with van der Waals surface area (Å²) in [5.41, 5.74) is 2.13. The van der Waals surface area contributed by atoms with E-state index in [1.807, 2.05) is 36.4 Å². The van der Waals surface area contributed by atoms with Crippen molar-refractivity contribution >= 4 is 17.6 Å². The molecule has 124 valence electrons. The zero-order valence-electron chi connectivity index (χ0n) is 13.4. The standard InChI is InChI=1S/C19H19NO4/c1-2-24-19(23)16-17(21)14-10-6-7-11-15(14)20(18(16)22)12-13-8-4-3-5-9-13/h3-11,16-17,21H,2,12H2,1H3. The molecule has 1 aliphatic rings. The second-order valence-electron chi connectivity index (χ2n) is 5.64. The number of fused-ring (bicyclic) bond motifs is 1. The summed E-state index contributed by atoms with van der Waals surface area (Å²) in [4.78, 5) is 26.6. The second kappa shape index (κ2) is 6.84. The van der Waals surface area contributed by atoms with E-state index in [-0.39, 0.29) is 6.61 Å². The number of amides is 1. The average molecular weight is 325 g/mol. The van der Waals surface area contributed by atoms with Crippen molar-refractivity contribution < 1.29 is 19.4 Å². The van der Waals surface area contributed by atoms with Crippen LogP contribution in [0, 0.1) is 5.92 Å². The Labute approximate surface area is 140 Å². The van der Waals surface area contributed by atoms with Gasteiger partial charge >= 0.3 is 5.97 Å². The summed E-state index contributed by atoms with van der Waals surface area (Å²) in [6, 6.07) is 16.6. The van der Waals surface area contributed by atoms with Gasteiger partial charge in [0.15, 0.2) is 5.92 Å². The third kappa shape index (κ3) is 2.90. The summed E-state index contributed by atoms with van der Waals surface area (Å²) >= 11 is 0. The molecule has 1 aliphatic heterocycles. The number of rotatable bonds is 4. The van der Waals surface area contributed by atoms with Crippen LogP contribution in [-0.4, -0.2) is 23.6 Å². The summed E-state index contributed by atoms with van der Waals surface area (Å²) in [5, 5.41) is 10.5. The van der Waals surface area contributed by atoms with Crippen LogP contribution in [0.1, 0.15) is 24.2 Å². The number of para-hydroxylation sites is 1. The molecule has 0 saturated heterocycles. The Morgan fingerprint density at radius 2 is 1.79 bits per heavy atom. The van der Waals surface area contributed by atoms with Gasteiger partial charge in [0.25, 0.3) is 0 Å². The van der Waals surface area contributed by atoms with Crippen LogP contribution >= 0.6 is 0 Å². The maximum Gasteiger partial charge on any atom is 0.321 e. The van der Waals surface area contributed by atoms with Crippen LogP contribution in [-0.2, 0) is 20.9 Å². The van der Waals surface area contributed by atoms with Crippen molar-refractivity contribution in [3.63, 3.8) is 0 Å². The van der Waals surface area contributed by atoms with Crippen molar-refractivity contribution in [2.24, 2.45) is 5.92 Å². The molecule has 0 aromatic heterocycles. The highest BCUT2D eigenvalue weighted by molar-refractivity contribution is 6.09. The van der Waals surface area contributed by atoms with Gasteiger partial charge in [-0.2, -0.15) is 0 Å². The molecule has 2 aromatic carbocycles. The Bertz CT molecular complexity index is 744. The van der Waals surface area contributed by atoms with Crippen LogP contribution in [0.5, 0.6) is 0 Å². The fourth-order valence-corrected chi connectivity index (χ4v) is 2.98. The van der Waals surface area contributed by atoms with Crippen LogP contribution in [0.3, 0.4) is 0 Å². The minimum atomic E-state index is -1.23. The molecule has 0 bridgehead atoms. The largest absolute Gasteiger partial charge is 0.465 e. The van der Waals surface area contributed by atoms with Gasteiger partial charge in [-0.1, -0.05) is 48.5 Å². The number of carbonyl (C=O) groups is 2. The molecule has 0 aliphatic carbocycles. The first-order chi connectivity index (χ1) is 11.6. The quantitative estimate of drug-likeness (QED) is 0.692. The molecule has 1 amide bonds. The van der Waals surface area contributed by atoms with Crippen molar-refractivity contribution in [1.29, 1.82) is 0 Å². The third-order valence-electron chi connectivity index (χ3n) is 4.12. The van der Waals surface area contributed by atoms with E-state index >= 15 is 0 Å². The summed E-state index contributed by atoms with van der Waals surface area (Å²) in [6.07, 6.45) is -1.19. The van der Waals surface area contributed by atoms with E-state index in [0.717, 1.165) is 5.56 Å². The number of hydrogen-bond acceptors (Lipinski definition) is 4. The lowest BCUT2D eigenvalue weighted by atomic mass is 9.88. The Hall–Kier alpha value is -2.66. The van der Waals surface area contributed by atoms with Gasteiger partial charge in [0.1, 0.15) is 6.10 Å². The highest BCUT2D eigenvalue weighted by Gasteiger charge is 2.44. The smallest absolute Gasteiger partial charge is 0.321 e. The fraction of sp³-hybridized carbons (Fsp3) is 0.263. The lowest BCUT2D eigenvalue weighted by molar-refractivity contribution is -0.157. The maximum absolute atomic E-state index is 12.9. The Balaban J connectivity index is 2.01. The number of aliphatic hydroxyl groups is 1. The van der Waals surface area contributed by atoms with Crippen LogP contribution in [0.4, 0.5) is 5.69 Å². The van der Waals surface area contributed by atoms with Gasteiger partial charge in [0, 0.05) is 11.3 Å². The predicted molar refractivity (Wildman–Crippen MR) is 89.2 cm³/mol. The fourth-order valence-electron chi connectivity index (χ4n) is 2.98. The number of carbonyl (C=O) groups excluding carboxylic acids is 2. The van der Waals surface area contributed by atoms with Gasteiger partial charge in [-0.15, -0.1) is 0 Å². The van der Waals surface area contributed by atoms with Gasteiger partial charge in [-0.25, -0.2) is 0 Å². The van der Waals surface area contributed by atoms with E-state index in [2.05, 4.69) is 0 Å². The molecule has 2 unspecified atom stereocenters. The zero-order chi connectivity index (χ0) is 17.1. The number of anilines is 1. The molecule has 2 aromatic rings. The summed E-state index contributed by atoms with van der Waals surface area (Å²) < 4.78 is 4.99. The van der Waals surface area contributed by atoms with Crippen molar-refractivity contribution in [3.8, 4) is 0 Å². The van der Waals surface area contributed by atoms with Gasteiger partial charge in [0.2, 0.25) is 5.91 Å². The first-order valence-corrected chi connectivity index (χ1v) is 7.92. The van der Waals surface area contributed by atoms with E-state index in [0.29, 0.717) is 17.8 Å². The molecule has 5 heteroatoms. The molecule has 3 rings (SSSR count). The number of hydrogen-bond donors (Lipinski definition) is 1. The van der Waals surface area contributed by atoms with Crippen LogP contribution in [0.15, 0.2) is 54.6 Å². The number of ether oxygens (including phenoxy) is 1. The Kier molecular flexibility index (Phi) is 4.62. The normalized spacial score (nSPS) is 19.8. The summed E-state index contributed by atoms with van der Waals surface area (Å²) in [6.45, 7) is 2.17. The first-order valence-electron chi connectivity index (χ1n) is 7.92. The van der Waals surface area contributed by atoms with Gasteiger partial charge < -0.3 is 14.7 Å². The molecular formula is C19H19NO4. The summed E-state index contributed by atoms with van der Waals surface area (Å²) in [5.74, 6) is -2.37. The minimum absolute atomic E-state index is 0.162. The summed E-state index contributed by atoms with van der Waals surface area (Å²) in [7, 11) is 0. The van der Waals surface area contributed by atoms with Crippen molar-refractivity contribution in [2.45, 2.75) is 19.6 Å². The average Bonchev–Trinajstić information content (AvgIpc) is 2.60. The molecule has 2 atom stereocenters. The predicted octanol–water partition coefficient (Wildman–Crippen LogP) is 2.45. The van der Waals surface area contributed by atoms with Crippen LogP contribution in [0.25, 0.3) is 0 Å². The van der Waals surface area contributed by atoms with E-state index in [9.17, 15) is 14.7 Å². The van der Waals surface area contributed by atoms with Crippen molar-refractivity contribution in [3.05, 3.63) is 65.7 Å². The second-order valence-corrected chi connectivity index (χ2v) is 5.64. The topological polar surface area (TPSA) is 66.8 Å². The molecule has 1 N–H and O–H groups in total. The molecule has 24 heavy (non-hydrogen) atoms. The molecule has 0 saturated carbocycles. The highest BCUT2D eigenvalue weighted by atomic mass is 16.5. The number of nitrogens with zero attached hydrogens (tertiary/aromatic N) is 1. The van der Waals surface area contributed by atoms with Crippen LogP contribution in [0.2, 0.25) is 0 Å². The number of benzene rings is 2. The third-order valence-corrected chi connectivity index (χ3v) is 4.12. The monoisotopic (exact) mass is 325 g/mol. The Morgan fingerprint density at radius 1 is 1.12 bits per heavy atom. The number of aliphatic hydroxyl groups excluding tert-OH is 1. The molecule has 0 fully saturated rings. The molecule has 0 spiro atoms. The van der Waals surface area contributed by atoms with E-state index < -0.39 is 23.9 Å². The molecular weight excluding hydrogens is 306 g/mol. The van der Waals surface area contributed by atoms with E-state index in [1.165, 1.54) is 0 Å². The van der Waals surface area contributed by atoms with Crippen molar-refractivity contribution in [2.75, 3.05) is 11.5 Å². The van der Waals surface area contributed by atoms with Gasteiger partial charge in [-0.3, -0.25) is 9.59 Å². The number of esters is 1. The molecule has 0 radical (unpaired) electrons. The maximum atomic E-state index is 12.9. The lowest BCUT2D eigenvalue weighted by Gasteiger charge is -2.36. The molecule has 5 nitrogen and oxygen atoms in total.